The standard InChI is InChI=1S/C21H21F5N2O4S/c22-19(23)32-13-7-5-12(6-8-13)11-16-18(30)28(20(31)33-16)10-9-27-17(29)14-3-1-2-4-15(14)21(24,25)26/h5-8,11,14-15,19H,1-4,9-10H2,(H,27,29). The number of halogens is 5. The number of nitrogens with zero attached hydrogens (tertiary/aromatic N) is 1. The first kappa shape index (κ1) is 25.0. The van der Waals surface area contributed by atoms with Crippen LogP contribution in [0.2, 0.25) is 0 Å². The number of benzene rings is 1. The molecule has 180 valence electrons. The number of alkyl halides is 5. The van der Waals surface area contributed by atoms with E-state index in [1.165, 1.54) is 30.3 Å². The fourth-order valence-electron chi connectivity index (χ4n) is 3.85. The number of hydrogen-bond acceptors (Lipinski definition) is 5. The summed E-state index contributed by atoms with van der Waals surface area (Å²) in [4.78, 5) is 38.0. The van der Waals surface area contributed by atoms with Crippen molar-refractivity contribution in [2.24, 2.45) is 11.8 Å². The Morgan fingerprint density at radius 1 is 1.18 bits per heavy atom. The number of rotatable bonds is 7. The van der Waals surface area contributed by atoms with Gasteiger partial charge in [0, 0.05) is 19.0 Å². The second-order valence-corrected chi connectivity index (χ2v) is 8.60. The Morgan fingerprint density at radius 3 is 2.48 bits per heavy atom. The molecule has 12 heteroatoms. The average Bonchev–Trinajstić information content (AvgIpc) is 3.01. The Bertz CT molecular complexity index is 920. The van der Waals surface area contributed by atoms with Gasteiger partial charge in [-0.2, -0.15) is 22.0 Å². The van der Waals surface area contributed by atoms with E-state index < -0.39 is 41.7 Å². The maximum atomic E-state index is 13.2. The van der Waals surface area contributed by atoms with Gasteiger partial charge in [0.25, 0.3) is 11.1 Å². The summed E-state index contributed by atoms with van der Waals surface area (Å²) in [6, 6.07) is 5.45. The third-order valence-electron chi connectivity index (χ3n) is 5.43. The highest BCUT2D eigenvalue weighted by atomic mass is 32.2. The lowest BCUT2D eigenvalue weighted by Gasteiger charge is -2.32. The van der Waals surface area contributed by atoms with Crippen molar-refractivity contribution in [3.8, 4) is 5.75 Å². The highest BCUT2D eigenvalue weighted by Gasteiger charge is 2.48. The third kappa shape index (κ3) is 6.46. The monoisotopic (exact) mass is 492 g/mol. The van der Waals surface area contributed by atoms with E-state index in [0.717, 1.165) is 4.90 Å². The van der Waals surface area contributed by atoms with Gasteiger partial charge in [0.1, 0.15) is 5.75 Å². The van der Waals surface area contributed by atoms with E-state index in [4.69, 9.17) is 0 Å². The second kappa shape index (κ2) is 10.5. The second-order valence-electron chi connectivity index (χ2n) is 7.61. The van der Waals surface area contributed by atoms with Crippen LogP contribution >= 0.6 is 11.8 Å². The number of carbonyl (C=O) groups is 3. The molecular formula is C21H21F5N2O4S. The molecule has 3 rings (SSSR count). The lowest BCUT2D eigenvalue weighted by Crippen LogP contribution is -2.45. The molecule has 0 radical (unpaired) electrons. The average molecular weight is 492 g/mol. The van der Waals surface area contributed by atoms with Crippen LogP contribution in [-0.2, 0) is 9.59 Å². The van der Waals surface area contributed by atoms with E-state index in [1.807, 2.05) is 0 Å². The van der Waals surface area contributed by atoms with E-state index >= 15 is 0 Å². The van der Waals surface area contributed by atoms with Gasteiger partial charge in [-0.05, 0) is 48.4 Å². The molecule has 1 heterocycles. The van der Waals surface area contributed by atoms with Gasteiger partial charge in [-0.25, -0.2) is 0 Å². The SMILES string of the molecule is O=C(NCCN1C(=O)SC(=Cc2ccc(OC(F)F)cc2)C1=O)C1CCCCC1C(F)(F)F. The summed E-state index contributed by atoms with van der Waals surface area (Å²) in [5, 5.41) is 1.84. The van der Waals surface area contributed by atoms with Gasteiger partial charge in [-0.3, -0.25) is 19.3 Å². The number of imide groups is 1. The van der Waals surface area contributed by atoms with Crippen molar-refractivity contribution in [1.82, 2.24) is 10.2 Å². The summed E-state index contributed by atoms with van der Waals surface area (Å²) in [5.74, 6) is -4.27. The zero-order chi connectivity index (χ0) is 24.2. The van der Waals surface area contributed by atoms with Crippen molar-refractivity contribution >= 4 is 34.9 Å². The fourth-order valence-corrected chi connectivity index (χ4v) is 4.71. The summed E-state index contributed by atoms with van der Waals surface area (Å²) in [5.41, 5.74) is 0.478. The smallest absolute Gasteiger partial charge is 0.392 e. The molecule has 1 saturated heterocycles. The largest absolute Gasteiger partial charge is 0.435 e. The van der Waals surface area contributed by atoms with Crippen molar-refractivity contribution in [1.29, 1.82) is 0 Å². The molecule has 2 fully saturated rings. The van der Waals surface area contributed by atoms with Crippen LogP contribution in [0.25, 0.3) is 6.08 Å². The normalized spacial score (nSPS) is 22.8. The Morgan fingerprint density at radius 2 is 1.85 bits per heavy atom. The molecule has 33 heavy (non-hydrogen) atoms. The Balaban J connectivity index is 1.56. The lowest BCUT2D eigenvalue weighted by atomic mass is 9.78. The van der Waals surface area contributed by atoms with Crippen molar-refractivity contribution in [2.75, 3.05) is 13.1 Å². The molecule has 1 aliphatic carbocycles. The highest BCUT2D eigenvalue weighted by molar-refractivity contribution is 8.18. The van der Waals surface area contributed by atoms with Crippen LogP contribution in [0.15, 0.2) is 29.2 Å². The van der Waals surface area contributed by atoms with Gasteiger partial charge in [-0.15, -0.1) is 0 Å². The number of carbonyl (C=O) groups excluding carboxylic acids is 3. The Hall–Kier alpha value is -2.63. The van der Waals surface area contributed by atoms with E-state index in [1.54, 1.807) is 0 Å². The summed E-state index contributed by atoms with van der Waals surface area (Å²) in [6.07, 6.45) is -2.05. The molecule has 1 aliphatic heterocycles. The van der Waals surface area contributed by atoms with Crippen LogP contribution in [0, 0.1) is 11.8 Å². The van der Waals surface area contributed by atoms with Crippen LogP contribution < -0.4 is 10.1 Å². The van der Waals surface area contributed by atoms with Crippen LogP contribution in [0.3, 0.4) is 0 Å². The summed E-state index contributed by atoms with van der Waals surface area (Å²) in [7, 11) is 0. The molecule has 2 atom stereocenters. The molecule has 6 nitrogen and oxygen atoms in total. The molecular weight excluding hydrogens is 471 g/mol. The minimum Gasteiger partial charge on any atom is -0.435 e. The zero-order valence-electron chi connectivity index (χ0n) is 17.2. The van der Waals surface area contributed by atoms with Gasteiger partial charge in [0.2, 0.25) is 5.91 Å². The quantitative estimate of drug-likeness (QED) is 0.437. The maximum absolute atomic E-state index is 13.2. The lowest BCUT2D eigenvalue weighted by molar-refractivity contribution is -0.198. The first-order chi connectivity index (χ1) is 15.6. The molecule has 2 unspecified atom stereocenters. The van der Waals surface area contributed by atoms with Crippen molar-refractivity contribution in [3.05, 3.63) is 34.7 Å². The number of ether oxygens (including phenoxy) is 1. The molecule has 0 aromatic heterocycles. The predicted octanol–water partition coefficient (Wildman–Crippen LogP) is 4.81. The first-order valence-corrected chi connectivity index (χ1v) is 11.0. The van der Waals surface area contributed by atoms with E-state index in [9.17, 15) is 36.3 Å². The van der Waals surface area contributed by atoms with Crippen LogP contribution in [0.5, 0.6) is 5.75 Å². The van der Waals surface area contributed by atoms with E-state index in [-0.39, 0.29) is 36.6 Å². The topological polar surface area (TPSA) is 75.7 Å². The van der Waals surface area contributed by atoms with Gasteiger partial charge >= 0.3 is 12.8 Å². The molecule has 1 aromatic carbocycles. The van der Waals surface area contributed by atoms with Gasteiger partial charge in [0.15, 0.2) is 0 Å². The summed E-state index contributed by atoms with van der Waals surface area (Å²) >= 11 is 0.668. The zero-order valence-corrected chi connectivity index (χ0v) is 18.1. The molecule has 1 saturated carbocycles. The van der Waals surface area contributed by atoms with Crippen LogP contribution in [0.4, 0.5) is 26.7 Å². The van der Waals surface area contributed by atoms with Crippen molar-refractivity contribution in [2.45, 2.75) is 38.5 Å². The van der Waals surface area contributed by atoms with Gasteiger partial charge in [0.05, 0.1) is 10.8 Å². The summed E-state index contributed by atoms with van der Waals surface area (Å²) in [6.45, 7) is -3.31. The van der Waals surface area contributed by atoms with Crippen molar-refractivity contribution < 1.29 is 41.1 Å². The highest BCUT2D eigenvalue weighted by Crippen LogP contribution is 2.41. The minimum atomic E-state index is -4.45. The van der Waals surface area contributed by atoms with Gasteiger partial charge in [-0.1, -0.05) is 25.0 Å². The number of amides is 3. The van der Waals surface area contributed by atoms with Crippen LogP contribution in [-0.4, -0.2) is 47.8 Å². The fraction of sp³-hybridized carbons (Fsp3) is 0.476. The molecule has 1 aromatic rings. The van der Waals surface area contributed by atoms with E-state index in [0.29, 0.717) is 30.2 Å². The van der Waals surface area contributed by atoms with E-state index in [2.05, 4.69) is 10.1 Å². The molecule has 3 amide bonds. The maximum Gasteiger partial charge on any atom is 0.392 e. The van der Waals surface area contributed by atoms with Crippen LogP contribution in [0.1, 0.15) is 31.2 Å². The molecule has 0 bridgehead atoms. The minimum absolute atomic E-state index is 0.0586. The Kier molecular flexibility index (Phi) is 7.98. The van der Waals surface area contributed by atoms with Gasteiger partial charge < -0.3 is 10.1 Å². The number of nitrogens with one attached hydrogen (secondary N) is 1. The Labute approximate surface area is 190 Å². The third-order valence-corrected chi connectivity index (χ3v) is 6.34. The molecule has 2 aliphatic rings. The number of thioether (sulfide) groups is 1. The summed E-state index contributed by atoms with van der Waals surface area (Å²) < 4.78 is 68.3. The molecule has 1 N–H and O–H groups in total. The van der Waals surface area contributed by atoms with Crippen molar-refractivity contribution in [3.63, 3.8) is 0 Å². The molecule has 0 spiro atoms. The first-order valence-electron chi connectivity index (χ1n) is 10.2. The number of hydrogen-bond donors (Lipinski definition) is 1. The predicted molar refractivity (Wildman–Crippen MR) is 110 cm³/mol.